The first-order chi connectivity index (χ1) is 13.7. The minimum atomic E-state index is -0.980. The number of nitro benzene ring substituents is 2. The van der Waals surface area contributed by atoms with Crippen LogP contribution in [-0.2, 0) is 11.3 Å². The number of nitrogens with zero attached hydrogens (tertiary/aromatic N) is 3. The molecule has 148 valence electrons. The van der Waals surface area contributed by atoms with E-state index in [1.165, 1.54) is 0 Å². The summed E-state index contributed by atoms with van der Waals surface area (Å²) in [5.41, 5.74) is -1.19. The fourth-order valence-electron chi connectivity index (χ4n) is 2.53. The lowest BCUT2D eigenvalue weighted by molar-refractivity contribution is -0.394. The molecule has 0 spiro atoms. The van der Waals surface area contributed by atoms with Crippen LogP contribution in [0.15, 0.2) is 41.3 Å². The Morgan fingerprint density at radius 1 is 1.10 bits per heavy atom. The summed E-state index contributed by atoms with van der Waals surface area (Å²) in [5.74, 6) is -1.53. The van der Waals surface area contributed by atoms with Crippen LogP contribution < -0.4 is 0 Å². The van der Waals surface area contributed by atoms with Crippen LogP contribution in [0.5, 0.6) is 5.75 Å². The number of amides is 2. The monoisotopic (exact) mass is 435 g/mol. The van der Waals surface area contributed by atoms with Crippen molar-refractivity contribution in [3.63, 3.8) is 0 Å². The van der Waals surface area contributed by atoms with Gasteiger partial charge in [0.25, 0.3) is 16.8 Å². The second kappa shape index (κ2) is 7.89. The molecule has 1 fully saturated rings. The summed E-state index contributed by atoms with van der Waals surface area (Å²) in [6.45, 7) is -0.0275. The second-order valence-electron chi connectivity index (χ2n) is 5.81. The number of aromatic hydroxyl groups is 1. The molecule has 0 bridgehead atoms. The Hall–Kier alpha value is -3.44. The van der Waals surface area contributed by atoms with E-state index >= 15 is 0 Å². The number of thioether (sulfide) groups is 1. The van der Waals surface area contributed by atoms with E-state index in [2.05, 4.69) is 0 Å². The van der Waals surface area contributed by atoms with Crippen LogP contribution in [0, 0.1) is 20.2 Å². The standard InChI is InChI=1S/C17H10ClN3O7S/c18-11-3-1-9(2-4-11)8-19-16(23)14(29-17(19)24)6-10-5-12(20(25)26)7-13(15(10)22)21(27)28/h1-7,22H,8H2/b14-6+. The lowest BCUT2D eigenvalue weighted by atomic mass is 10.1. The van der Waals surface area contributed by atoms with Gasteiger partial charge in [-0.3, -0.25) is 34.7 Å². The number of non-ortho nitro benzene ring substituents is 1. The van der Waals surface area contributed by atoms with Crippen molar-refractivity contribution in [2.75, 3.05) is 0 Å². The zero-order valence-corrected chi connectivity index (χ0v) is 15.8. The van der Waals surface area contributed by atoms with E-state index < -0.39 is 38.1 Å². The SMILES string of the molecule is O=C1S/C(=C/c2cc([N+](=O)[O-])cc([N+](=O)[O-])c2O)C(=O)N1Cc1ccc(Cl)cc1. The van der Waals surface area contributed by atoms with E-state index in [1.54, 1.807) is 24.3 Å². The molecular weight excluding hydrogens is 426 g/mol. The summed E-state index contributed by atoms with van der Waals surface area (Å²) < 4.78 is 0. The number of phenols is 1. The van der Waals surface area contributed by atoms with Gasteiger partial charge in [0.05, 0.1) is 27.4 Å². The predicted octanol–water partition coefficient (Wildman–Crippen LogP) is 4.10. The molecule has 10 nitrogen and oxygen atoms in total. The van der Waals surface area contributed by atoms with E-state index in [-0.39, 0.29) is 17.0 Å². The van der Waals surface area contributed by atoms with E-state index in [4.69, 9.17) is 11.6 Å². The number of phenolic OH excluding ortho intramolecular Hbond substituents is 1. The number of carbonyl (C=O) groups is 2. The third-order valence-corrected chi connectivity index (χ3v) is 5.09. The molecule has 0 saturated carbocycles. The quantitative estimate of drug-likeness (QED) is 0.419. The molecule has 0 unspecified atom stereocenters. The molecule has 1 saturated heterocycles. The maximum Gasteiger partial charge on any atom is 0.318 e. The van der Waals surface area contributed by atoms with Gasteiger partial charge in [0.2, 0.25) is 5.75 Å². The van der Waals surface area contributed by atoms with Crippen molar-refractivity contribution >= 4 is 52.0 Å². The smallest absolute Gasteiger partial charge is 0.318 e. The van der Waals surface area contributed by atoms with E-state index in [0.29, 0.717) is 28.4 Å². The highest BCUT2D eigenvalue weighted by Gasteiger charge is 2.35. The molecule has 2 aromatic carbocycles. The van der Waals surface area contributed by atoms with Gasteiger partial charge in [-0.15, -0.1) is 0 Å². The van der Waals surface area contributed by atoms with Crippen molar-refractivity contribution in [1.29, 1.82) is 0 Å². The number of carbonyl (C=O) groups excluding carboxylic acids is 2. The fourth-order valence-corrected chi connectivity index (χ4v) is 3.49. The molecule has 12 heteroatoms. The Bertz CT molecular complexity index is 1090. The number of benzene rings is 2. The molecule has 1 aliphatic rings. The summed E-state index contributed by atoms with van der Waals surface area (Å²) in [6.07, 6.45) is 1.02. The number of rotatable bonds is 5. The first-order valence-electron chi connectivity index (χ1n) is 7.83. The van der Waals surface area contributed by atoms with Crippen LogP contribution in [0.1, 0.15) is 11.1 Å². The molecular formula is C17H10ClN3O7S. The van der Waals surface area contributed by atoms with Gasteiger partial charge in [-0.1, -0.05) is 23.7 Å². The highest BCUT2D eigenvalue weighted by atomic mass is 35.5. The van der Waals surface area contributed by atoms with Crippen LogP contribution in [0.25, 0.3) is 6.08 Å². The van der Waals surface area contributed by atoms with Gasteiger partial charge in [0.1, 0.15) is 0 Å². The molecule has 0 radical (unpaired) electrons. The highest BCUT2D eigenvalue weighted by molar-refractivity contribution is 8.18. The molecule has 1 aliphatic heterocycles. The molecule has 0 atom stereocenters. The van der Waals surface area contributed by atoms with Gasteiger partial charge in [-0.05, 0) is 35.5 Å². The van der Waals surface area contributed by atoms with Crippen molar-refractivity contribution < 1.29 is 24.5 Å². The van der Waals surface area contributed by atoms with E-state index in [0.717, 1.165) is 17.0 Å². The van der Waals surface area contributed by atoms with Crippen LogP contribution in [0.4, 0.5) is 16.2 Å². The highest BCUT2D eigenvalue weighted by Crippen LogP contribution is 2.39. The van der Waals surface area contributed by atoms with E-state index in [1.807, 2.05) is 0 Å². The summed E-state index contributed by atoms with van der Waals surface area (Å²) in [6, 6.07) is 7.99. The van der Waals surface area contributed by atoms with Crippen LogP contribution in [-0.4, -0.2) is 31.0 Å². The van der Waals surface area contributed by atoms with Gasteiger partial charge in [-0.25, -0.2) is 0 Å². The number of hydrogen-bond donors (Lipinski definition) is 1. The zero-order chi connectivity index (χ0) is 21.3. The Kier molecular flexibility index (Phi) is 5.52. The van der Waals surface area contributed by atoms with Crippen LogP contribution in [0.2, 0.25) is 5.02 Å². The number of imide groups is 1. The Labute approximate surface area is 171 Å². The molecule has 3 rings (SSSR count). The van der Waals surface area contributed by atoms with Crippen molar-refractivity contribution in [2.45, 2.75) is 6.54 Å². The molecule has 2 amide bonds. The number of hydrogen-bond acceptors (Lipinski definition) is 8. The number of halogens is 1. The topological polar surface area (TPSA) is 144 Å². The molecule has 1 N–H and O–H groups in total. The first kappa shape index (κ1) is 20.3. The largest absolute Gasteiger partial charge is 0.502 e. The Morgan fingerprint density at radius 3 is 2.34 bits per heavy atom. The average Bonchev–Trinajstić information content (AvgIpc) is 2.92. The number of nitro groups is 2. The lowest BCUT2D eigenvalue weighted by Crippen LogP contribution is -2.27. The minimum absolute atomic E-state index is 0.0275. The third-order valence-electron chi connectivity index (χ3n) is 3.93. The fraction of sp³-hybridized carbons (Fsp3) is 0.0588. The zero-order valence-electron chi connectivity index (χ0n) is 14.3. The third kappa shape index (κ3) is 4.20. The average molecular weight is 436 g/mol. The normalized spacial score (nSPS) is 15.2. The minimum Gasteiger partial charge on any atom is -0.502 e. The Morgan fingerprint density at radius 2 is 1.76 bits per heavy atom. The van der Waals surface area contributed by atoms with Crippen LogP contribution in [0.3, 0.4) is 0 Å². The van der Waals surface area contributed by atoms with Gasteiger partial charge >= 0.3 is 5.69 Å². The van der Waals surface area contributed by atoms with Crippen molar-refractivity contribution in [3.05, 3.63) is 77.7 Å². The lowest BCUT2D eigenvalue weighted by Gasteiger charge is -2.12. The van der Waals surface area contributed by atoms with E-state index in [9.17, 15) is 34.9 Å². The molecule has 0 aliphatic carbocycles. The van der Waals surface area contributed by atoms with Gasteiger partial charge in [-0.2, -0.15) is 0 Å². The summed E-state index contributed by atoms with van der Waals surface area (Å²) in [7, 11) is 0. The Balaban J connectivity index is 1.96. The molecule has 29 heavy (non-hydrogen) atoms. The summed E-state index contributed by atoms with van der Waals surface area (Å²) in [4.78, 5) is 45.8. The maximum absolute atomic E-state index is 12.6. The van der Waals surface area contributed by atoms with Gasteiger partial charge < -0.3 is 5.11 Å². The van der Waals surface area contributed by atoms with Crippen LogP contribution >= 0.6 is 23.4 Å². The molecule has 2 aromatic rings. The summed E-state index contributed by atoms with van der Waals surface area (Å²) in [5, 5.41) is 32.0. The molecule has 0 aromatic heterocycles. The van der Waals surface area contributed by atoms with Gasteiger partial charge in [0.15, 0.2) is 0 Å². The maximum atomic E-state index is 12.6. The predicted molar refractivity (Wildman–Crippen MR) is 104 cm³/mol. The van der Waals surface area contributed by atoms with Crippen molar-refractivity contribution in [3.8, 4) is 5.75 Å². The summed E-state index contributed by atoms with van der Waals surface area (Å²) >= 11 is 6.36. The molecule has 1 heterocycles. The van der Waals surface area contributed by atoms with Gasteiger partial charge in [0, 0.05) is 16.7 Å². The second-order valence-corrected chi connectivity index (χ2v) is 7.24. The van der Waals surface area contributed by atoms with Crippen molar-refractivity contribution in [1.82, 2.24) is 4.90 Å². The van der Waals surface area contributed by atoms with Crippen molar-refractivity contribution in [2.24, 2.45) is 0 Å². The first-order valence-corrected chi connectivity index (χ1v) is 9.02.